The second kappa shape index (κ2) is 8.05. The first-order valence-corrected chi connectivity index (χ1v) is 10.8. The minimum atomic E-state index is -3.33. The van der Waals surface area contributed by atoms with Crippen molar-refractivity contribution in [1.82, 2.24) is 5.32 Å². The molecule has 2 aromatic rings. The summed E-state index contributed by atoms with van der Waals surface area (Å²) in [6.07, 6.45) is 1.69. The van der Waals surface area contributed by atoms with Gasteiger partial charge in [0, 0.05) is 0 Å². The molecule has 5 nitrogen and oxygen atoms in total. The molecule has 0 bridgehead atoms. The fourth-order valence-electron chi connectivity index (χ4n) is 2.80. The third-order valence-electron chi connectivity index (χ3n) is 4.19. The van der Waals surface area contributed by atoms with Crippen LogP contribution in [-0.2, 0) is 27.5 Å². The van der Waals surface area contributed by atoms with Gasteiger partial charge >= 0.3 is 0 Å². The minimum Gasteiger partial charge on any atom is -0.286 e. The summed E-state index contributed by atoms with van der Waals surface area (Å²) < 4.78 is 24.9. The van der Waals surface area contributed by atoms with Crippen LogP contribution in [0, 0.1) is 0 Å². The number of carbonyl (C=O) groups excluding carboxylic acids is 2. The smallest absolute Gasteiger partial charge is 0.286 e. The molecule has 1 unspecified atom stereocenters. The lowest BCUT2D eigenvalue weighted by molar-refractivity contribution is -0.118. The second-order valence-corrected chi connectivity index (χ2v) is 9.42. The Bertz CT molecular complexity index is 893. The van der Waals surface area contributed by atoms with E-state index in [2.05, 4.69) is 5.32 Å². The van der Waals surface area contributed by atoms with Gasteiger partial charge in [0.1, 0.15) is 0 Å². The fourth-order valence-corrected chi connectivity index (χ4v) is 4.97. The van der Waals surface area contributed by atoms with Crippen molar-refractivity contribution < 1.29 is 18.0 Å². The van der Waals surface area contributed by atoms with Crippen molar-refractivity contribution in [3.8, 4) is 0 Å². The Balaban J connectivity index is 1.58. The SMILES string of the molecule is O=C1NC(=O)C(Cc2ccc(S(=O)(=O)CCCc3ccccc3)cc2)S1. The lowest BCUT2D eigenvalue weighted by Gasteiger charge is -2.08. The van der Waals surface area contributed by atoms with Gasteiger partial charge in [0.2, 0.25) is 5.91 Å². The number of aryl methyl sites for hydroxylation is 1. The van der Waals surface area contributed by atoms with Crippen LogP contribution in [-0.4, -0.2) is 30.6 Å². The highest BCUT2D eigenvalue weighted by Gasteiger charge is 2.31. The third kappa shape index (κ3) is 4.74. The molecule has 1 atom stereocenters. The zero-order chi connectivity index (χ0) is 18.6. The zero-order valence-corrected chi connectivity index (χ0v) is 15.7. The van der Waals surface area contributed by atoms with E-state index in [-0.39, 0.29) is 21.8 Å². The van der Waals surface area contributed by atoms with Crippen LogP contribution >= 0.6 is 11.8 Å². The van der Waals surface area contributed by atoms with E-state index in [1.807, 2.05) is 30.3 Å². The molecule has 2 aromatic carbocycles. The van der Waals surface area contributed by atoms with E-state index in [0.29, 0.717) is 12.8 Å². The summed E-state index contributed by atoms with van der Waals surface area (Å²) in [5.41, 5.74) is 1.95. The van der Waals surface area contributed by atoms with Gasteiger partial charge in [-0.2, -0.15) is 0 Å². The molecule has 0 aliphatic carbocycles. The number of hydrogen-bond donors (Lipinski definition) is 1. The Morgan fingerprint density at radius 1 is 0.923 bits per heavy atom. The van der Waals surface area contributed by atoms with E-state index >= 15 is 0 Å². The Kier molecular flexibility index (Phi) is 5.78. The van der Waals surface area contributed by atoms with Gasteiger partial charge < -0.3 is 0 Å². The summed E-state index contributed by atoms with van der Waals surface area (Å²) in [5.74, 6) is -0.200. The molecule has 0 radical (unpaired) electrons. The molecule has 1 fully saturated rings. The molecule has 0 saturated carbocycles. The van der Waals surface area contributed by atoms with E-state index < -0.39 is 15.1 Å². The summed E-state index contributed by atoms with van der Waals surface area (Å²) in [4.78, 5) is 23.1. The van der Waals surface area contributed by atoms with Crippen LogP contribution < -0.4 is 5.32 Å². The summed E-state index contributed by atoms with van der Waals surface area (Å²) >= 11 is 0.969. The first-order chi connectivity index (χ1) is 12.4. The van der Waals surface area contributed by atoms with Gasteiger partial charge in [-0.15, -0.1) is 0 Å². The molecular weight excluding hydrogens is 370 g/mol. The molecule has 7 heteroatoms. The molecule has 1 heterocycles. The quantitative estimate of drug-likeness (QED) is 0.787. The molecule has 0 spiro atoms. The predicted molar refractivity (Wildman–Crippen MR) is 102 cm³/mol. The van der Waals surface area contributed by atoms with Crippen molar-refractivity contribution in [2.45, 2.75) is 29.4 Å². The first-order valence-electron chi connectivity index (χ1n) is 8.31. The lowest BCUT2D eigenvalue weighted by atomic mass is 10.1. The average molecular weight is 389 g/mol. The summed E-state index contributed by atoms with van der Waals surface area (Å²) in [6, 6.07) is 16.4. The fraction of sp³-hybridized carbons (Fsp3) is 0.263. The average Bonchev–Trinajstić information content (AvgIpc) is 2.93. The van der Waals surface area contributed by atoms with Gasteiger partial charge in [-0.3, -0.25) is 14.9 Å². The molecule has 0 aromatic heterocycles. The highest BCUT2D eigenvalue weighted by molar-refractivity contribution is 8.15. The third-order valence-corrected chi connectivity index (χ3v) is 6.99. The van der Waals surface area contributed by atoms with Crippen molar-refractivity contribution in [3.63, 3.8) is 0 Å². The Hall–Kier alpha value is -2.12. The first kappa shape index (κ1) is 18.7. The number of hydrogen-bond acceptors (Lipinski definition) is 5. The van der Waals surface area contributed by atoms with Gasteiger partial charge in [0.25, 0.3) is 5.24 Å². The lowest BCUT2D eigenvalue weighted by Crippen LogP contribution is -2.25. The summed E-state index contributed by atoms with van der Waals surface area (Å²) in [7, 11) is -3.33. The van der Waals surface area contributed by atoms with E-state index in [1.54, 1.807) is 24.3 Å². The highest BCUT2D eigenvalue weighted by Crippen LogP contribution is 2.23. The van der Waals surface area contributed by atoms with Crippen molar-refractivity contribution in [2.24, 2.45) is 0 Å². The van der Waals surface area contributed by atoms with Crippen LogP contribution in [0.4, 0.5) is 4.79 Å². The molecule has 1 aliphatic rings. The molecule has 2 amide bonds. The van der Waals surface area contributed by atoms with Crippen molar-refractivity contribution in [3.05, 3.63) is 65.7 Å². The maximum atomic E-state index is 12.5. The van der Waals surface area contributed by atoms with E-state index in [9.17, 15) is 18.0 Å². The van der Waals surface area contributed by atoms with Crippen LogP contribution in [0.5, 0.6) is 0 Å². The van der Waals surface area contributed by atoms with Crippen molar-refractivity contribution >= 4 is 32.7 Å². The number of thioether (sulfide) groups is 1. The van der Waals surface area contributed by atoms with Crippen LogP contribution in [0.1, 0.15) is 17.5 Å². The molecule has 1 N–H and O–H groups in total. The van der Waals surface area contributed by atoms with Gasteiger partial charge in [-0.1, -0.05) is 54.2 Å². The highest BCUT2D eigenvalue weighted by atomic mass is 32.2. The van der Waals surface area contributed by atoms with Gasteiger partial charge in [-0.05, 0) is 42.5 Å². The Morgan fingerprint density at radius 3 is 2.23 bits per heavy atom. The van der Waals surface area contributed by atoms with Crippen molar-refractivity contribution in [2.75, 3.05) is 5.75 Å². The summed E-state index contributed by atoms with van der Waals surface area (Å²) in [6.45, 7) is 0. The zero-order valence-electron chi connectivity index (χ0n) is 14.1. The second-order valence-electron chi connectivity index (χ2n) is 6.14. The van der Waals surface area contributed by atoms with Gasteiger partial charge in [0.05, 0.1) is 15.9 Å². The Morgan fingerprint density at radius 2 is 1.62 bits per heavy atom. The van der Waals surface area contributed by atoms with Gasteiger partial charge in [0.15, 0.2) is 9.84 Å². The van der Waals surface area contributed by atoms with Gasteiger partial charge in [-0.25, -0.2) is 8.42 Å². The molecule has 26 heavy (non-hydrogen) atoms. The number of benzene rings is 2. The van der Waals surface area contributed by atoms with E-state index in [0.717, 1.165) is 29.3 Å². The van der Waals surface area contributed by atoms with Crippen LogP contribution in [0.15, 0.2) is 59.5 Å². The standard InChI is InChI=1S/C19H19NO4S2/c21-18-17(25-19(22)20-18)13-15-8-10-16(11-9-15)26(23,24)12-4-7-14-5-2-1-3-6-14/h1-3,5-6,8-11,17H,4,7,12-13H2,(H,20,21,22). The summed E-state index contributed by atoms with van der Waals surface area (Å²) in [5, 5.41) is 1.46. The topological polar surface area (TPSA) is 80.3 Å². The maximum Gasteiger partial charge on any atom is 0.286 e. The van der Waals surface area contributed by atoms with E-state index in [1.165, 1.54) is 0 Å². The van der Waals surface area contributed by atoms with Crippen LogP contribution in [0.2, 0.25) is 0 Å². The monoisotopic (exact) mass is 389 g/mol. The largest absolute Gasteiger partial charge is 0.286 e. The molecule has 1 aliphatic heterocycles. The molecular formula is C19H19NO4S2. The van der Waals surface area contributed by atoms with Crippen molar-refractivity contribution in [1.29, 1.82) is 0 Å². The minimum absolute atomic E-state index is 0.0939. The molecule has 3 rings (SSSR count). The number of sulfone groups is 1. The van der Waals surface area contributed by atoms with E-state index in [4.69, 9.17) is 0 Å². The molecule has 136 valence electrons. The predicted octanol–water partition coefficient (Wildman–Crippen LogP) is 2.99. The van der Waals surface area contributed by atoms with Crippen LogP contribution in [0.25, 0.3) is 0 Å². The van der Waals surface area contributed by atoms with Crippen LogP contribution in [0.3, 0.4) is 0 Å². The molecule has 1 saturated heterocycles. The number of rotatable bonds is 7. The number of nitrogens with one attached hydrogen (secondary N) is 1. The number of imide groups is 1. The number of carbonyl (C=O) groups is 2. The maximum absolute atomic E-state index is 12.5. The number of amides is 2. The Labute approximate surface area is 157 Å². The normalized spacial score (nSPS) is 17.3.